The molecule has 0 spiro atoms. The van der Waals surface area contributed by atoms with E-state index < -0.39 is 5.97 Å². The molecular formula is C12H11ClN2O3. The summed E-state index contributed by atoms with van der Waals surface area (Å²) in [4.78, 5) is 11.1. The third kappa shape index (κ3) is 2.31. The van der Waals surface area contributed by atoms with Crippen molar-refractivity contribution in [3.05, 3.63) is 35.0 Å². The van der Waals surface area contributed by atoms with Crippen LogP contribution in [-0.2, 0) is 0 Å². The molecule has 2 aromatic rings. The number of aromatic amines is 1. The summed E-state index contributed by atoms with van der Waals surface area (Å²) >= 11 is 5.93. The van der Waals surface area contributed by atoms with Crippen molar-refractivity contribution in [3.8, 4) is 17.0 Å². The van der Waals surface area contributed by atoms with E-state index in [-0.39, 0.29) is 5.56 Å². The second-order valence-corrected chi connectivity index (χ2v) is 3.97. The Hall–Kier alpha value is -2.01. The lowest BCUT2D eigenvalue weighted by atomic mass is 10.1. The maximum Gasteiger partial charge on any atom is 0.339 e. The van der Waals surface area contributed by atoms with Gasteiger partial charge in [-0.05, 0) is 25.1 Å². The molecule has 0 aliphatic heterocycles. The van der Waals surface area contributed by atoms with Gasteiger partial charge in [0.25, 0.3) is 0 Å². The zero-order chi connectivity index (χ0) is 13.1. The van der Waals surface area contributed by atoms with Gasteiger partial charge in [0.1, 0.15) is 11.3 Å². The average Bonchev–Trinajstić information content (AvgIpc) is 2.80. The van der Waals surface area contributed by atoms with Crippen molar-refractivity contribution in [1.82, 2.24) is 10.2 Å². The number of carbonyl (C=O) groups is 1. The van der Waals surface area contributed by atoms with Gasteiger partial charge in [-0.2, -0.15) is 5.10 Å². The summed E-state index contributed by atoms with van der Waals surface area (Å²) in [5.74, 6) is -0.491. The van der Waals surface area contributed by atoms with Crippen LogP contribution in [0.15, 0.2) is 24.4 Å². The van der Waals surface area contributed by atoms with E-state index in [4.69, 9.17) is 21.4 Å². The van der Waals surface area contributed by atoms with Gasteiger partial charge in [-0.15, -0.1) is 0 Å². The number of benzene rings is 1. The maximum atomic E-state index is 11.1. The summed E-state index contributed by atoms with van der Waals surface area (Å²) < 4.78 is 5.45. The van der Waals surface area contributed by atoms with Crippen molar-refractivity contribution < 1.29 is 14.6 Å². The maximum absolute atomic E-state index is 11.1. The van der Waals surface area contributed by atoms with Gasteiger partial charge in [0.05, 0.1) is 18.5 Å². The van der Waals surface area contributed by atoms with Gasteiger partial charge < -0.3 is 9.84 Å². The van der Waals surface area contributed by atoms with Crippen LogP contribution in [0.5, 0.6) is 5.75 Å². The van der Waals surface area contributed by atoms with Crippen molar-refractivity contribution in [2.24, 2.45) is 0 Å². The zero-order valence-electron chi connectivity index (χ0n) is 9.61. The van der Waals surface area contributed by atoms with E-state index in [1.54, 1.807) is 18.2 Å². The molecule has 0 radical (unpaired) electrons. The first-order valence-corrected chi connectivity index (χ1v) is 5.70. The topological polar surface area (TPSA) is 75.2 Å². The lowest BCUT2D eigenvalue weighted by Gasteiger charge is -2.09. The van der Waals surface area contributed by atoms with Gasteiger partial charge in [0.15, 0.2) is 0 Å². The first-order valence-electron chi connectivity index (χ1n) is 5.33. The van der Waals surface area contributed by atoms with Crippen molar-refractivity contribution in [2.45, 2.75) is 6.92 Å². The van der Waals surface area contributed by atoms with E-state index in [2.05, 4.69) is 10.2 Å². The quantitative estimate of drug-likeness (QED) is 0.892. The third-order valence-electron chi connectivity index (χ3n) is 2.38. The highest BCUT2D eigenvalue weighted by atomic mass is 35.5. The normalized spacial score (nSPS) is 10.3. The minimum Gasteiger partial charge on any atom is -0.493 e. The Kier molecular flexibility index (Phi) is 3.53. The SMILES string of the molecule is CCOc1ccc(Cl)cc1-c1[nH]ncc1C(=O)O. The summed E-state index contributed by atoms with van der Waals surface area (Å²) in [6.45, 7) is 2.33. The van der Waals surface area contributed by atoms with Crippen LogP contribution in [-0.4, -0.2) is 27.9 Å². The number of carboxylic acids is 1. The predicted octanol–water partition coefficient (Wildman–Crippen LogP) is 2.83. The highest BCUT2D eigenvalue weighted by molar-refractivity contribution is 6.31. The number of aromatic nitrogens is 2. The molecule has 0 atom stereocenters. The standard InChI is InChI=1S/C12H11ClN2O3/c1-2-18-10-4-3-7(13)5-8(10)11-9(12(16)17)6-14-15-11/h3-6H,2H2,1H3,(H,14,15)(H,16,17). The highest BCUT2D eigenvalue weighted by Crippen LogP contribution is 2.33. The number of aromatic carboxylic acids is 1. The van der Waals surface area contributed by atoms with Crippen molar-refractivity contribution in [3.63, 3.8) is 0 Å². The summed E-state index contributed by atoms with van der Waals surface area (Å²) in [6, 6.07) is 5.03. The first kappa shape index (κ1) is 12.4. The molecule has 0 bridgehead atoms. The van der Waals surface area contributed by atoms with Gasteiger partial charge in [0.2, 0.25) is 0 Å². The van der Waals surface area contributed by atoms with E-state index in [1.807, 2.05) is 6.92 Å². The molecule has 5 nitrogen and oxygen atoms in total. The summed E-state index contributed by atoms with van der Waals surface area (Å²) in [5, 5.41) is 16.0. The Bertz CT molecular complexity index is 580. The van der Waals surface area contributed by atoms with Gasteiger partial charge in [-0.25, -0.2) is 4.79 Å². The lowest BCUT2D eigenvalue weighted by molar-refractivity contribution is 0.0698. The molecule has 0 unspecified atom stereocenters. The summed E-state index contributed by atoms with van der Waals surface area (Å²) in [6.07, 6.45) is 1.26. The number of hydrogen-bond acceptors (Lipinski definition) is 3. The number of carboxylic acid groups (broad SMARTS) is 1. The van der Waals surface area contributed by atoms with Crippen LogP contribution < -0.4 is 4.74 Å². The third-order valence-corrected chi connectivity index (χ3v) is 2.62. The predicted molar refractivity (Wildman–Crippen MR) is 67.2 cm³/mol. The van der Waals surface area contributed by atoms with Crippen molar-refractivity contribution in [1.29, 1.82) is 0 Å². The van der Waals surface area contributed by atoms with Crippen LogP contribution in [0.4, 0.5) is 0 Å². The van der Waals surface area contributed by atoms with Crippen LogP contribution in [0.25, 0.3) is 11.3 Å². The molecule has 1 heterocycles. The number of nitrogens with one attached hydrogen (secondary N) is 1. The minimum absolute atomic E-state index is 0.0817. The molecule has 1 aromatic heterocycles. The molecular weight excluding hydrogens is 256 g/mol. The van der Waals surface area contributed by atoms with E-state index in [9.17, 15) is 4.79 Å². The van der Waals surface area contributed by atoms with Crippen molar-refractivity contribution in [2.75, 3.05) is 6.61 Å². The Morgan fingerprint density at radius 2 is 2.33 bits per heavy atom. The van der Waals surface area contributed by atoms with Crippen LogP contribution >= 0.6 is 11.6 Å². The largest absolute Gasteiger partial charge is 0.493 e. The second-order valence-electron chi connectivity index (χ2n) is 3.54. The van der Waals surface area contributed by atoms with Crippen molar-refractivity contribution >= 4 is 17.6 Å². The van der Waals surface area contributed by atoms with E-state index in [0.29, 0.717) is 28.6 Å². The Morgan fingerprint density at radius 1 is 1.56 bits per heavy atom. The number of ether oxygens (including phenoxy) is 1. The molecule has 0 fully saturated rings. The number of rotatable bonds is 4. The molecule has 0 aliphatic carbocycles. The van der Waals surface area contributed by atoms with E-state index in [1.165, 1.54) is 6.20 Å². The van der Waals surface area contributed by atoms with Crippen LogP contribution in [0, 0.1) is 0 Å². The average molecular weight is 267 g/mol. The zero-order valence-corrected chi connectivity index (χ0v) is 10.4. The first-order chi connectivity index (χ1) is 8.63. The Balaban J connectivity index is 2.58. The smallest absolute Gasteiger partial charge is 0.339 e. The molecule has 2 rings (SSSR count). The van der Waals surface area contributed by atoms with Crippen LogP contribution in [0.1, 0.15) is 17.3 Å². The van der Waals surface area contributed by atoms with Gasteiger partial charge >= 0.3 is 5.97 Å². The molecule has 2 N–H and O–H groups in total. The van der Waals surface area contributed by atoms with Gasteiger partial charge in [0, 0.05) is 10.6 Å². The highest BCUT2D eigenvalue weighted by Gasteiger charge is 2.17. The molecule has 0 aliphatic rings. The van der Waals surface area contributed by atoms with E-state index >= 15 is 0 Å². The minimum atomic E-state index is -1.05. The molecule has 0 amide bonds. The summed E-state index contributed by atoms with van der Waals surface area (Å²) in [5.41, 5.74) is 1.05. The molecule has 1 aromatic carbocycles. The van der Waals surface area contributed by atoms with Gasteiger partial charge in [-0.3, -0.25) is 5.10 Å². The number of nitrogens with zero attached hydrogens (tertiary/aromatic N) is 1. The molecule has 94 valence electrons. The fraction of sp³-hybridized carbons (Fsp3) is 0.167. The van der Waals surface area contributed by atoms with Gasteiger partial charge in [-0.1, -0.05) is 11.6 Å². The molecule has 0 saturated heterocycles. The molecule has 0 saturated carbocycles. The van der Waals surface area contributed by atoms with Crippen LogP contribution in [0.3, 0.4) is 0 Å². The monoisotopic (exact) mass is 266 g/mol. The second kappa shape index (κ2) is 5.10. The Morgan fingerprint density at radius 3 is 3.00 bits per heavy atom. The number of hydrogen-bond donors (Lipinski definition) is 2. The molecule has 18 heavy (non-hydrogen) atoms. The number of H-pyrrole nitrogens is 1. The lowest BCUT2D eigenvalue weighted by Crippen LogP contribution is -1.99. The summed E-state index contributed by atoms with van der Waals surface area (Å²) in [7, 11) is 0. The Labute approximate surface area is 108 Å². The number of halogens is 1. The fourth-order valence-corrected chi connectivity index (χ4v) is 1.80. The van der Waals surface area contributed by atoms with E-state index in [0.717, 1.165) is 0 Å². The van der Waals surface area contributed by atoms with Crippen LogP contribution in [0.2, 0.25) is 5.02 Å². The fourth-order valence-electron chi connectivity index (χ4n) is 1.63. The molecule has 6 heteroatoms.